The molecule has 0 radical (unpaired) electrons. The molecule has 4 heterocycles. The van der Waals surface area contributed by atoms with Gasteiger partial charge in [0.2, 0.25) is 0 Å². The van der Waals surface area contributed by atoms with Crippen molar-refractivity contribution in [1.29, 1.82) is 0 Å². The number of ether oxygens (including phenoxy) is 1. The molecule has 0 saturated carbocycles. The second kappa shape index (κ2) is 6.15. The van der Waals surface area contributed by atoms with Gasteiger partial charge in [0.15, 0.2) is 5.60 Å². The summed E-state index contributed by atoms with van der Waals surface area (Å²) in [4.78, 5) is 30.3. The number of aliphatic hydroxyl groups is 1. The highest BCUT2D eigenvalue weighted by Gasteiger charge is 2.45. The van der Waals surface area contributed by atoms with Crippen LogP contribution in [-0.4, -0.2) is 20.6 Å². The Morgan fingerprint density at radius 1 is 1.24 bits per heavy atom. The lowest BCUT2D eigenvalue weighted by molar-refractivity contribution is -0.172. The molecule has 7 heteroatoms. The summed E-state index contributed by atoms with van der Waals surface area (Å²) in [7, 11) is 0. The van der Waals surface area contributed by atoms with E-state index in [1.807, 2.05) is 25.1 Å². The van der Waals surface area contributed by atoms with Crippen molar-refractivity contribution >= 4 is 28.5 Å². The fraction of sp³-hybridized carbons (Fsp3) is 0.318. The highest BCUT2D eigenvalue weighted by molar-refractivity contribution is 6.31. The summed E-state index contributed by atoms with van der Waals surface area (Å²) in [5.74, 6) is -0.718. The second-order valence-corrected chi connectivity index (χ2v) is 8.03. The third-order valence-corrected chi connectivity index (χ3v) is 6.25. The van der Waals surface area contributed by atoms with E-state index in [1.54, 1.807) is 17.6 Å². The van der Waals surface area contributed by atoms with Crippen LogP contribution in [0.1, 0.15) is 42.5 Å². The molecule has 0 bridgehead atoms. The Balaban J connectivity index is 1.81. The molecule has 29 heavy (non-hydrogen) atoms. The van der Waals surface area contributed by atoms with E-state index < -0.39 is 11.6 Å². The monoisotopic (exact) mass is 410 g/mol. The molecule has 3 aromatic rings. The smallest absolute Gasteiger partial charge is 0.343 e. The van der Waals surface area contributed by atoms with Crippen molar-refractivity contribution in [3.8, 4) is 11.4 Å². The number of hydrogen-bond acceptors (Lipinski definition) is 5. The van der Waals surface area contributed by atoms with Crippen LogP contribution >= 0.6 is 11.6 Å². The maximum Gasteiger partial charge on any atom is 0.343 e. The summed E-state index contributed by atoms with van der Waals surface area (Å²) < 4.78 is 6.74. The largest absolute Gasteiger partial charge is 0.458 e. The number of hydrogen-bond donors (Lipinski definition) is 1. The molecule has 148 valence electrons. The fourth-order valence-corrected chi connectivity index (χ4v) is 4.65. The molecule has 2 aliphatic heterocycles. The number of cyclic esters (lactones) is 1. The highest BCUT2D eigenvalue weighted by Crippen LogP contribution is 2.39. The Morgan fingerprint density at radius 3 is 2.76 bits per heavy atom. The maximum atomic E-state index is 13.2. The van der Waals surface area contributed by atoms with E-state index in [9.17, 15) is 14.7 Å². The first kappa shape index (κ1) is 18.3. The molecular weight excluding hydrogens is 392 g/mol. The first-order valence-corrected chi connectivity index (χ1v) is 10.0. The molecular formula is C22H19ClN2O4. The number of rotatable bonds is 2. The Morgan fingerprint density at radius 2 is 2.03 bits per heavy atom. The first-order chi connectivity index (χ1) is 13.9. The number of nitrogens with zero attached hydrogens (tertiary/aromatic N) is 2. The number of halogens is 1. The number of fused-ring (bicyclic) bond motifs is 5. The molecule has 2 aromatic heterocycles. The number of pyridine rings is 2. The first-order valence-electron chi connectivity index (χ1n) is 9.66. The van der Waals surface area contributed by atoms with Crippen molar-refractivity contribution in [1.82, 2.24) is 9.55 Å². The Labute approximate surface area is 171 Å². The number of esters is 1. The summed E-state index contributed by atoms with van der Waals surface area (Å²) in [5.41, 5.74) is 2.69. The minimum Gasteiger partial charge on any atom is -0.458 e. The number of aromatic nitrogens is 2. The van der Waals surface area contributed by atoms with Gasteiger partial charge in [-0.3, -0.25) is 4.79 Å². The lowest BCUT2D eigenvalue weighted by Crippen LogP contribution is -2.44. The van der Waals surface area contributed by atoms with Crippen molar-refractivity contribution in [2.75, 3.05) is 0 Å². The minimum absolute atomic E-state index is 0.123. The SMILES string of the molecule is CCc1cc(Cl)cc2cc3c(nc12)-c1cc2c(c(=O)n1C3)COC(=O)[C@]2(O)CC. The van der Waals surface area contributed by atoms with Gasteiger partial charge < -0.3 is 14.4 Å². The zero-order valence-electron chi connectivity index (χ0n) is 16.1. The topological polar surface area (TPSA) is 81.4 Å². The molecule has 6 nitrogen and oxygen atoms in total. The molecule has 2 aliphatic rings. The third-order valence-electron chi connectivity index (χ3n) is 6.04. The average molecular weight is 411 g/mol. The van der Waals surface area contributed by atoms with Crippen molar-refractivity contribution in [3.63, 3.8) is 0 Å². The van der Waals surface area contributed by atoms with E-state index >= 15 is 0 Å². The summed E-state index contributed by atoms with van der Waals surface area (Å²) >= 11 is 6.26. The van der Waals surface area contributed by atoms with Crippen molar-refractivity contribution in [2.24, 2.45) is 0 Å². The normalized spacial score (nSPS) is 19.7. The van der Waals surface area contributed by atoms with Crippen LogP contribution in [0.4, 0.5) is 0 Å². The van der Waals surface area contributed by atoms with E-state index in [1.165, 1.54) is 0 Å². The summed E-state index contributed by atoms with van der Waals surface area (Å²) in [6.07, 6.45) is 0.902. The quantitative estimate of drug-likeness (QED) is 0.513. The van der Waals surface area contributed by atoms with E-state index in [-0.39, 0.29) is 18.6 Å². The molecule has 0 fully saturated rings. The van der Waals surface area contributed by atoms with Crippen LogP contribution in [0.15, 0.2) is 29.1 Å². The molecule has 0 amide bonds. The molecule has 5 rings (SSSR count). The molecule has 0 saturated heterocycles. The van der Waals surface area contributed by atoms with E-state index in [0.29, 0.717) is 34.1 Å². The van der Waals surface area contributed by atoms with E-state index in [4.69, 9.17) is 21.3 Å². The van der Waals surface area contributed by atoms with Gasteiger partial charge in [0.1, 0.15) is 6.61 Å². The number of carbonyl (C=O) groups is 1. The average Bonchev–Trinajstić information content (AvgIpc) is 3.07. The Kier molecular flexibility index (Phi) is 3.89. The van der Waals surface area contributed by atoms with Gasteiger partial charge in [-0.2, -0.15) is 0 Å². The van der Waals surface area contributed by atoms with Crippen LogP contribution in [-0.2, 0) is 34.7 Å². The summed E-state index contributed by atoms with van der Waals surface area (Å²) in [6, 6.07) is 7.53. The van der Waals surface area contributed by atoms with Crippen LogP contribution in [0.25, 0.3) is 22.3 Å². The Bertz CT molecular complexity index is 1280. The molecule has 1 aromatic carbocycles. The van der Waals surface area contributed by atoms with Crippen LogP contribution < -0.4 is 5.56 Å². The van der Waals surface area contributed by atoms with E-state index in [2.05, 4.69) is 0 Å². The fourth-order valence-electron chi connectivity index (χ4n) is 4.40. The Hall–Kier alpha value is -2.70. The van der Waals surface area contributed by atoms with Gasteiger partial charge >= 0.3 is 5.97 Å². The van der Waals surface area contributed by atoms with Crippen molar-refractivity contribution in [3.05, 3.63) is 61.9 Å². The predicted molar refractivity (Wildman–Crippen MR) is 109 cm³/mol. The predicted octanol–water partition coefficient (Wildman–Crippen LogP) is 3.30. The summed E-state index contributed by atoms with van der Waals surface area (Å²) in [5, 5.41) is 12.5. The minimum atomic E-state index is -1.82. The van der Waals surface area contributed by atoms with Gasteiger partial charge in [-0.1, -0.05) is 25.4 Å². The van der Waals surface area contributed by atoms with Crippen LogP contribution in [0, 0.1) is 0 Å². The lowest BCUT2D eigenvalue weighted by atomic mass is 9.86. The zero-order chi connectivity index (χ0) is 20.5. The highest BCUT2D eigenvalue weighted by atomic mass is 35.5. The van der Waals surface area contributed by atoms with Crippen LogP contribution in [0.5, 0.6) is 0 Å². The number of aryl methyl sites for hydroxylation is 1. The van der Waals surface area contributed by atoms with E-state index in [0.717, 1.165) is 28.5 Å². The van der Waals surface area contributed by atoms with Gasteiger partial charge in [-0.25, -0.2) is 9.78 Å². The number of carbonyl (C=O) groups excluding carboxylic acids is 1. The van der Waals surface area contributed by atoms with Gasteiger partial charge in [0, 0.05) is 21.5 Å². The zero-order valence-corrected chi connectivity index (χ0v) is 16.8. The standard InChI is InChI=1S/C22H19ClN2O4/c1-3-11-6-14(23)7-12-5-13-9-25-17(19(13)24-18(11)12)8-16-15(20(25)26)10-29-21(27)22(16,28)4-2/h5-8,28H,3-4,9-10H2,1-2H3/t22-/m0/s1. The van der Waals surface area contributed by atoms with Gasteiger partial charge in [0.25, 0.3) is 5.56 Å². The van der Waals surface area contributed by atoms with Crippen LogP contribution in [0.2, 0.25) is 5.02 Å². The van der Waals surface area contributed by atoms with Crippen molar-refractivity contribution < 1.29 is 14.6 Å². The van der Waals surface area contributed by atoms with Gasteiger partial charge in [0.05, 0.1) is 29.0 Å². The molecule has 1 atom stereocenters. The molecule has 1 N–H and O–H groups in total. The molecule has 0 spiro atoms. The maximum absolute atomic E-state index is 13.2. The molecule has 0 unspecified atom stereocenters. The second-order valence-electron chi connectivity index (χ2n) is 7.59. The van der Waals surface area contributed by atoms with Crippen molar-refractivity contribution in [2.45, 2.75) is 45.4 Å². The summed E-state index contributed by atoms with van der Waals surface area (Å²) in [6.45, 7) is 3.99. The molecule has 0 aliphatic carbocycles. The van der Waals surface area contributed by atoms with Gasteiger partial charge in [-0.15, -0.1) is 0 Å². The van der Waals surface area contributed by atoms with Gasteiger partial charge in [-0.05, 0) is 42.7 Å². The van der Waals surface area contributed by atoms with Crippen LogP contribution in [0.3, 0.4) is 0 Å². The number of benzene rings is 1. The lowest BCUT2D eigenvalue weighted by Gasteiger charge is -2.31. The third kappa shape index (κ3) is 2.42.